The smallest absolute Gasteiger partial charge is 0.337 e. The fourth-order valence-corrected chi connectivity index (χ4v) is 1.82. The maximum atomic E-state index is 11.8. The summed E-state index contributed by atoms with van der Waals surface area (Å²) in [5.74, 6) is -0.717. The van der Waals surface area contributed by atoms with Gasteiger partial charge in [-0.25, -0.2) is 4.79 Å². The van der Waals surface area contributed by atoms with Gasteiger partial charge in [-0.15, -0.1) is 0 Å². The number of nitrogens with two attached hydrogens (primary N) is 1. The van der Waals surface area contributed by atoms with Crippen LogP contribution in [-0.4, -0.2) is 17.2 Å². The summed E-state index contributed by atoms with van der Waals surface area (Å²) in [7, 11) is 0. The molecule has 0 aliphatic heterocycles. The molecule has 0 amide bonds. The van der Waals surface area contributed by atoms with Gasteiger partial charge in [-0.1, -0.05) is 60.7 Å². The summed E-state index contributed by atoms with van der Waals surface area (Å²) in [5, 5.41) is 9.92. The Kier molecular flexibility index (Phi) is 4.87. The van der Waals surface area contributed by atoms with Crippen molar-refractivity contribution in [3.8, 4) is 0 Å². The van der Waals surface area contributed by atoms with E-state index in [0.29, 0.717) is 5.56 Å². The van der Waals surface area contributed by atoms with Crippen LogP contribution in [0.1, 0.15) is 17.2 Å². The summed E-state index contributed by atoms with van der Waals surface area (Å²) in [6.45, 7) is 0.123. The number of rotatable bonds is 5. The molecule has 2 atom stereocenters. The number of carbonyl (C=O) groups is 1. The predicted molar refractivity (Wildman–Crippen MR) is 75.6 cm³/mol. The summed E-state index contributed by atoms with van der Waals surface area (Å²) in [6.07, 6.45) is -1.37. The Morgan fingerprint density at radius 1 is 1.05 bits per heavy atom. The van der Waals surface area contributed by atoms with Crippen LogP contribution < -0.4 is 5.73 Å². The van der Waals surface area contributed by atoms with Crippen LogP contribution in [0.15, 0.2) is 60.7 Å². The van der Waals surface area contributed by atoms with E-state index in [0.717, 1.165) is 5.56 Å². The van der Waals surface area contributed by atoms with E-state index in [-0.39, 0.29) is 6.61 Å². The summed E-state index contributed by atoms with van der Waals surface area (Å²) >= 11 is 0. The lowest BCUT2D eigenvalue weighted by molar-refractivity contribution is -0.156. The second kappa shape index (κ2) is 6.84. The summed E-state index contributed by atoms with van der Waals surface area (Å²) in [4.78, 5) is 11.8. The molecular weight excluding hydrogens is 254 g/mol. The lowest BCUT2D eigenvalue weighted by atomic mass is 10.0. The Balaban J connectivity index is 1.92. The maximum absolute atomic E-state index is 11.8. The molecule has 2 aromatic rings. The van der Waals surface area contributed by atoms with Crippen molar-refractivity contribution in [2.75, 3.05) is 0 Å². The molecule has 0 spiro atoms. The molecule has 0 bridgehead atoms. The molecule has 0 radical (unpaired) electrons. The minimum Gasteiger partial charge on any atom is -0.459 e. The minimum atomic E-state index is -1.37. The highest BCUT2D eigenvalue weighted by Gasteiger charge is 2.25. The van der Waals surface area contributed by atoms with Gasteiger partial charge in [0.05, 0.1) is 6.04 Å². The van der Waals surface area contributed by atoms with Crippen LogP contribution in [0.25, 0.3) is 0 Å². The van der Waals surface area contributed by atoms with Crippen molar-refractivity contribution >= 4 is 5.97 Å². The standard InChI is InChI=1S/C16H17NO3/c17-14(13-9-5-2-6-10-13)15(18)16(19)20-11-12-7-3-1-4-8-12/h1-10,14-15,18H,11,17H2/t14-,15+/m0/s1. The van der Waals surface area contributed by atoms with Crippen LogP contribution in [0.2, 0.25) is 0 Å². The first kappa shape index (κ1) is 14.2. The van der Waals surface area contributed by atoms with Crippen molar-refractivity contribution in [1.29, 1.82) is 0 Å². The number of aliphatic hydroxyl groups excluding tert-OH is 1. The van der Waals surface area contributed by atoms with E-state index in [4.69, 9.17) is 10.5 Å². The van der Waals surface area contributed by atoms with E-state index >= 15 is 0 Å². The van der Waals surface area contributed by atoms with Crippen LogP contribution in [0.5, 0.6) is 0 Å². The number of aliphatic hydroxyl groups is 1. The van der Waals surface area contributed by atoms with E-state index in [1.807, 2.05) is 36.4 Å². The highest BCUT2D eigenvalue weighted by Crippen LogP contribution is 2.15. The van der Waals surface area contributed by atoms with Gasteiger partial charge in [0.2, 0.25) is 0 Å². The first-order chi connectivity index (χ1) is 9.68. The lowest BCUT2D eigenvalue weighted by Gasteiger charge is -2.18. The monoisotopic (exact) mass is 271 g/mol. The molecular formula is C16H17NO3. The third-order valence-corrected chi connectivity index (χ3v) is 2.99. The molecule has 3 N–H and O–H groups in total. The number of carbonyl (C=O) groups excluding carboxylic acids is 1. The molecule has 0 saturated carbocycles. The van der Waals surface area contributed by atoms with Gasteiger partial charge in [0.25, 0.3) is 0 Å². The van der Waals surface area contributed by atoms with Gasteiger partial charge >= 0.3 is 5.97 Å². The maximum Gasteiger partial charge on any atom is 0.337 e. The van der Waals surface area contributed by atoms with E-state index in [1.54, 1.807) is 24.3 Å². The number of hydrogen-bond acceptors (Lipinski definition) is 4. The molecule has 0 fully saturated rings. The third kappa shape index (κ3) is 3.66. The zero-order chi connectivity index (χ0) is 14.4. The van der Waals surface area contributed by atoms with Crippen molar-refractivity contribution in [2.24, 2.45) is 5.73 Å². The van der Waals surface area contributed by atoms with E-state index < -0.39 is 18.1 Å². The van der Waals surface area contributed by atoms with E-state index in [9.17, 15) is 9.90 Å². The third-order valence-electron chi connectivity index (χ3n) is 2.99. The molecule has 0 heterocycles. The Hall–Kier alpha value is -2.17. The van der Waals surface area contributed by atoms with Crippen LogP contribution in [0.4, 0.5) is 0 Å². The first-order valence-corrected chi connectivity index (χ1v) is 6.37. The second-order valence-electron chi connectivity index (χ2n) is 4.47. The first-order valence-electron chi connectivity index (χ1n) is 6.37. The van der Waals surface area contributed by atoms with Gasteiger partial charge in [-0.2, -0.15) is 0 Å². The molecule has 0 aliphatic carbocycles. The number of benzene rings is 2. The highest BCUT2D eigenvalue weighted by molar-refractivity contribution is 5.75. The summed E-state index contributed by atoms with van der Waals surface area (Å²) in [5.41, 5.74) is 7.41. The SMILES string of the molecule is N[C@@H](c1ccccc1)[C@@H](O)C(=O)OCc1ccccc1. The lowest BCUT2D eigenvalue weighted by Crippen LogP contribution is -2.34. The van der Waals surface area contributed by atoms with Gasteiger partial charge in [-0.05, 0) is 11.1 Å². The number of ether oxygens (including phenoxy) is 1. The molecule has 0 aliphatic rings. The average molecular weight is 271 g/mol. The van der Waals surface area contributed by atoms with Gasteiger partial charge in [0.15, 0.2) is 6.10 Å². The van der Waals surface area contributed by atoms with Crippen molar-refractivity contribution in [3.05, 3.63) is 71.8 Å². The molecule has 2 aromatic carbocycles. The fourth-order valence-electron chi connectivity index (χ4n) is 1.82. The Morgan fingerprint density at radius 2 is 1.60 bits per heavy atom. The van der Waals surface area contributed by atoms with Crippen LogP contribution in [0.3, 0.4) is 0 Å². The van der Waals surface area contributed by atoms with E-state index in [1.165, 1.54) is 0 Å². The minimum absolute atomic E-state index is 0.123. The van der Waals surface area contributed by atoms with Gasteiger partial charge in [0, 0.05) is 0 Å². The molecule has 4 nitrogen and oxygen atoms in total. The quantitative estimate of drug-likeness (QED) is 0.813. The van der Waals surface area contributed by atoms with Gasteiger partial charge < -0.3 is 15.6 Å². The largest absolute Gasteiger partial charge is 0.459 e. The molecule has 20 heavy (non-hydrogen) atoms. The fraction of sp³-hybridized carbons (Fsp3) is 0.188. The summed E-state index contributed by atoms with van der Waals surface area (Å²) < 4.78 is 5.06. The second-order valence-corrected chi connectivity index (χ2v) is 4.47. The van der Waals surface area contributed by atoms with Gasteiger partial charge in [-0.3, -0.25) is 0 Å². The zero-order valence-electron chi connectivity index (χ0n) is 11.0. The van der Waals surface area contributed by atoms with Crippen molar-refractivity contribution in [2.45, 2.75) is 18.8 Å². The normalized spacial score (nSPS) is 13.5. The number of hydrogen-bond donors (Lipinski definition) is 2. The highest BCUT2D eigenvalue weighted by atomic mass is 16.5. The van der Waals surface area contributed by atoms with Crippen molar-refractivity contribution in [3.63, 3.8) is 0 Å². The van der Waals surface area contributed by atoms with Crippen LogP contribution >= 0.6 is 0 Å². The van der Waals surface area contributed by atoms with Gasteiger partial charge in [0.1, 0.15) is 6.61 Å². The van der Waals surface area contributed by atoms with Crippen LogP contribution in [-0.2, 0) is 16.1 Å². The Labute approximate surface area is 117 Å². The average Bonchev–Trinajstić information content (AvgIpc) is 2.53. The Bertz CT molecular complexity index is 542. The topological polar surface area (TPSA) is 72.5 Å². The molecule has 2 rings (SSSR count). The van der Waals surface area contributed by atoms with Crippen LogP contribution in [0, 0.1) is 0 Å². The molecule has 104 valence electrons. The summed E-state index contributed by atoms with van der Waals surface area (Å²) in [6, 6.07) is 17.5. The number of esters is 1. The van der Waals surface area contributed by atoms with Crippen molar-refractivity contribution in [1.82, 2.24) is 0 Å². The molecule has 4 heteroatoms. The van der Waals surface area contributed by atoms with Crippen molar-refractivity contribution < 1.29 is 14.6 Å². The zero-order valence-corrected chi connectivity index (χ0v) is 11.0. The molecule has 0 aromatic heterocycles. The predicted octanol–water partition coefficient (Wildman–Crippen LogP) is 1.79. The molecule has 0 unspecified atom stereocenters. The molecule has 0 saturated heterocycles. The van der Waals surface area contributed by atoms with E-state index in [2.05, 4.69) is 0 Å². The Morgan fingerprint density at radius 3 is 2.20 bits per heavy atom.